The predicted molar refractivity (Wildman–Crippen MR) is 89.9 cm³/mol. The molecule has 1 heterocycles. The Morgan fingerprint density at radius 1 is 0.917 bits per heavy atom. The van der Waals surface area contributed by atoms with Crippen molar-refractivity contribution < 1.29 is 14.6 Å². The molecule has 5 nitrogen and oxygen atoms in total. The van der Waals surface area contributed by atoms with Crippen LogP contribution in [0.3, 0.4) is 0 Å². The lowest BCUT2D eigenvalue weighted by atomic mass is 9.85. The van der Waals surface area contributed by atoms with Gasteiger partial charge in [-0.05, 0) is 17.2 Å². The predicted octanol–water partition coefficient (Wildman–Crippen LogP) is 2.19. The Kier molecular flexibility index (Phi) is 4.26. The van der Waals surface area contributed by atoms with Crippen LogP contribution in [0.1, 0.15) is 11.1 Å². The number of nitrogens with zero attached hydrogens (tertiary/aromatic N) is 1. The molecule has 0 spiro atoms. The summed E-state index contributed by atoms with van der Waals surface area (Å²) in [4.78, 5) is 12.9. The molecule has 0 fully saturated rings. The third kappa shape index (κ3) is 2.98. The number of benzene rings is 2. The zero-order valence-corrected chi connectivity index (χ0v) is 12.8. The van der Waals surface area contributed by atoms with E-state index in [0.29, 0.717) is 21.5 Å². The number of carbonyl (C=O) groups is 1. The second-order valence-electron chi connectivity index (χ2n) is 5.35. The van der Waals surface area contributed by atoms with Gasteiger partial charge in [0, 0.05) is 6.07 Å². The standard InChI is InChI=1S/C19H16N2O3/c22-18(20-17-12-7-13-21(24)14-17)19(23,15-8-3-1-4-9-15)16-10-5-2-6-11-16/h1-14,23H,(H,20,22). The molecular formula is C19H16N2O3. The second-order valence-corrected chi connectivity index (χ2v) is 5.35. The minimum Gasteiger partial charge on any atom is -0.619 e. The number of pyridine rings is 1. The van der Waals surface area contributed by atoms with Crippen molar-refractivity contribution in [3.63, 3.8) is 0 Å². The van der Waals surface area contributed by atoms with E-state index in [1.807, 2.05) is 12.1 Å². The molecule has 24 heavy (non-hydrogen) atoms. The van der Waals surface area contributed by atoms with Crippen molar-refractivity contribution in [2.45, 2.75) is 5.60 Å². The number of nitrogens with one attached hydrogen (secondary N) is 1. The number of amides is 1. The molecule has 0 aliphatic carbocycles. The van der Waals surface area contributed by atoms with E-state index in [4.69, 9.17) is 0 Å². The maximum atomic E-state index is 12.9. The van der Waals surface area contributed by atoms with Crippen LogP contribution in [0.5, 0.6) is 0 Å². The molecule has 0 radical (unpaired) electrons. The van der Waals surface area contributed by atoms with Gasteiger partial charge in [-0.3, -0.25) is 4.79 Å². The molecule has 2 N–H and O–H groups in total. The van der Waals surface area contributed by atoms with Gasteiger partial charge < -0.3 is 15.6 Å². The van der Waals surface area contributed by atoms with E-state index in [0.717, 1.165) is 0 Å². The summed E-state index contributed by atoms with van der Waals surface area (Å²) in [7, 11) is 0. The van der Waals surface area contributed by atoms with Gasteiger partial charge in [0.15, 0.2) is 11.8 Å². The third-order valence-corrected chi connectivity index (χ3v) is 3.74. The van der Waals surface area contributed by atoms with Crippen molar-refractivity contribution in [3.8, 4) is 0 Å². The first kappa shape index (κ1) is 15.7. The normalized spacial score (nSPS) is 11.0. The highest BCUT2D eigenvalue weighted by atomic mass is 16.5. The van der Waals surface area contributed by atoms with Crippen molar-refractivity contribution in [2.24, 2.45) is 0 Å². The summed E-state index contributed by atoms with van der Waals surface area (Å²) >= 11 is 0. The molecule has 0 aliphatic heterocycles. The Morgan fingerprint density at radius 3 is 1.96 bits per heavy atom. The van der Waals surface area contributed by atoms with Gasteiger partial charge in [0.05, 0.1) is 0 Å². The van der Waals surface area contributed by atoms with E-state index >= 15 is 0 Å². The summed E-state index contributed by atoms with van der Waals surface area (Å²) in [6, 6.07) is 20.5. The molecule has 3 rings (SSSR count). The molecule has 0 aliphatic rings. The number of aromatic nitrogens is 1. The Morgan fingerprint density at radius 2 is 1.46 bits per heavy atom. The molecular weight excluding hydrogens is 304 g/mol. The zero-order valence-electron chi connectivity index (χ0n) is 12.8. The lowest BCUT2D eigenvalue weighted by molar-refractivity contribution is -0.604. The highest BCUT2D eigenvalue weighted by molar-refractivity contribution is 6.00. The van der Waals surface area contributed by atoms with E-state index in [9.17, 15) is 15.1 Å². The average Bonchev–Trinajstić information content (AvgIpc) is 2.62. The van der Waals surface area contributed by atoms with Gasteiger partial charge in [-0.2, -0.15) is 4.73 Å². The van der Waals surface area contributed by atoms with Crippen LogP contribution in [0.15, 0.2) is 85.2 Å². The largest absolute Gasteiger partial charge is 0.619 e. The van der Waals surface area contributed by atoms with Crippen LogP contribution in [0, 0.1) is 5.21 Å². The third-order valence-electron chi connectivity index (χ3n) is 3.74. The Hall–Kier alpha value is -3.18. The van der Waals surface area contributed by atoms with E-state index in [1.165, 1.54) is 18.5 Å². The van der Waals surface area contributed by atoms with Crippen LogP contribution in [-0.4, -0.2) is 11.0 Å². The summed E-state index contributed by atoms with van der Waals surface area (Å²) < 4.78 is 0.583. The molecule has 5 heteroatoms. The summed E-state index contributed by atoms with van der Waals surface area (Å²) in [6.07, 6.45) is 2.55. The topological polar surface area (TPSA) is 76.3 Å². The molecule has 120 valence electrons. The van der Waals surface area contributed by atoms with Gasteiger partial charge in [0.25, 0.3) is 5.91 Å². The molecule has 3 aromatic rings. The fourth-order valence-corrected chi connectivity index (χ4v) is 2.54. The minimum atomic E-state index is -1.87. The van der Waals surface area contributed by atoms with Gasteiger partial charge >= 0.3 is 0 Å². The van der Waals surface area contributed by atoms with Crippen molar-refractivity contribution in [1.29, 1.82) is 0 Å². The number of rotatable bonds is 4. The summed E-state index contributed by atoms with van der Waals surface area (Å²) in [5, 5.41) is 25.2. The summed E-state index contributed by atoms with van der Waals surface area (Å²) in [5.74, 6) is -0.633. The number of carbonyl (C=O) groups excluding carboxylic acids is 1. The fraction of sp³-hybridized carbons (Fsp3) is 0.0526. The Bertz CT molecular complexity index is 796. The smallest absolute Gasteiger partial charge is 0.265 e. The van der Waals surface area contributed by atoms with Crippen LogP contribution in [0.4, 0.5) is 5.69 Å². The lowest BCUT2D eigenvalue weighted by Gasteiger charge is -2.27. The van der Waals surface area contributed by atoms with Crippen LogP contribution < -0.4 is 10.0 Å². The van der Waals surface area contributed by atoms with Gasteiger partial charge in [0.2, 0.25) is 6.20 Å². The monoisotopic (exact) mass is 320 g/mol. The SMILES string of the molecule is O=C(Nc1ccc[n+]([O-])c1)C(O)(c1ccccc1)c1ccccc1. The maximum Gasteiger partial charge on any atom is 0.265 e. The summed E-state index contributed by atoms with van der Waals surface area (Å²) in [5.41, 5.74) is -0.673. The van der Waals surface area contributed by atoms with E-state index < -0.39 is 11.5 Å². The first-order valence-electron chi connectivity index (χ1n) is 7.44. The van der Waals surface area contributed by atoms with Crippen molar-refractivity contribution in [2.75, 3.05) is 5.32 Å². The van der Waals surface area contributed by atoms with Gasteiger partial charge in [-0.1, -0.05) is 60.7 Å². The van der Waals surface area contributed by atoms with Crippen molar-refractivity contribution >= 4 is 11.6 Å². The van der Waals surface area contributed by atoms with Gasteiger partial charge in [-0.15, -0.1) is 0 Å². The second kappa shape index (κ2) is 6.52. The molecule has 0 saturated heterocycles. The zero-order chi connectivity index (χ0) is 17.0. The fourth-order valence-electron chi connectivity index (χ4n) is 2.54. The minimum absolute atomic E-state index is 0.308. The maximum absolute atomic E-state index is 12.9. The molecule has 0 saturated carbocycles. The lowest BCUT2D eigenvalue weighted by Crippen LogP contribution is -2.41. The number of anilines is 1. The molecule has 1 aromatic heterocycles. The first-order chi connectivity index (χ1) is 11.6. The highest BCUT2D eigenvalue weighted by Gasteiger charge is 2.40. The molecule has 1 amide bonds. The van der Waals surface area contributed by atoms with Crippen LogP contribution in [-0.2, 0) is 10.4 Å². The van der Waals surface area contributed by atoms with Gasteiger partial charge in [-0.25, -0.2) is 0 Å². The molecule has 0 atom stereocenters. The first-order valence-corrected chi connectivity index (χ1v) is 7.44. The number of hydrogen-bond donors (Lipinski definition) is 2. The van der Waals surface area contributed by atoms with Crippen LogP contribution in [0.25, 0.3) is 0 Å². The van der Waals surface area contributed by atoms with Crippen molar-refractivity contribution in [1.82, 2.24) is 0 Å². The summed E-state index contributed by atoms with van der Waals surface area (Å²) in [6.45, 7) is 0. The van der Waals surface area contributed by atoms with E-state index in [1.54, 1.807) is 54.6 Å². The molecule has 2 aromatic carbocycles. The van der Waals surface area contributed by atoms with E-state index in [-0.39, 0.29) is 0 Å². The number of hydrogen-bond acceptors (Lipinski definition) is 3. The molecule has 0 bridgehead atoms. The van der Waals surface area contributed by atoms with Crippen LogP contribution in [0.2, 0.25) is 0 Å². The number of aliphatic hydroxyl groups is 1. The van der Waals surface area contributed by atoms with Crippen molar-refractivity contribution in [3.05, 3.63) is 102 Å². The average molecular weight is 320 g/mol. The molecule has 0 unspecified atom stereocenters. The van der Waals surface area contributed by atoms with Crippen LogP contribution >= 0.6 is 0 Å². The highest BCUT2D eigenvalue weighted by Crippen LogP contribution is 2.30. The quantitative estimate of drug-likeness (QED) is 0.571. The Balaban J connectivity index is 2.03. The Labute approximate surface area is 139 Å². The van der Waals surface area contributed by atoms with E-state index in [2.05, 4.69) is 5.32 Å². The van der Waals surface area contributed by atoms with Gasteiger partial charge in [0.1, 0.15) is 5.69 Å².